The zero-order valence-electron chi connectivity index (χ0n) is 35.1. The number of hydrogen-bond acceptors (Lipinski definition) is 2. The topological polar surface area (TPSA) is 23.0 Å². The highest BCUT2D eigenvalue weighted by molar-refractivity contribution is 7.25. The second-order valence-corrected chi connectivity index (χ2v) is 19.4. The SMILES string of the molecule is c1ccc2c(c1)oc1cc(-n3c4ccccc4c4cc5c(cc43)-c3cc(-c4ccc6c7ccccc7n(-c7ccc8c(c7)sc7ccccc78)c6c4)ccc3C53CCCCC3)ccc12. The molecule has 4 heteroatoms. The van der Waals surface area contributed by atoms with Crippen molar-refractivity contribution in [2.75, 3.05) is 0 Å². The molecule has 0 saturated heterocycles. The predicted molar refractivity (Wildman–Crippen MR) is 270 cm³/mol. The molecule has 15 rings (SSSR count). The maximum Gasteiger partial charge on any atom is 0.137 e. The molecule has 0 amide bonds. The maximum absolute atomic E-state index is 6.46. The second-order valence-electron chi connectivity index (χ2n) is 18.3. The molecule has 0 radical (unpaired) electrons. The summed E-state index contributed by atoms with van der Waals surface area (Å²) >= 11 is 1.88. The molecule has 64 heavy (non-hydrogen) atoms. The van der Waals surface area contributed by atoms with Gasteiger partial charge in [-0.2, -0.15) is 0 Å². The van der Waals surface area contributed by atoms with Crippen LogP contribution in [0.1, 0.15) is 43.2 Å². The van der Waals surface area contributed by atoms with Crippen LogP contribution in [0.3, 0.4) is 0 Å². The highest BCUT2D eigenvalue weighted by atomic mass is 32.1. The van der Waals surface area contributed by atoms with Gasteiger partial charge in [0.05, 0.1) is 22.1 Å². The number of hydrogen-bond donors (Lipinski definition) is 0. The number of benzene rings is 9. The molecule has 0 bridgehead atoms. The molecular formula is C60H40N2OS. The lowest BCUT2D eigenvalue weighted by molar-refractivity contribution is 0.353. The van der Waals surface area contributed by atoms with Crippen LogP contribution in [-0.4, -0.2) is 9.13 Å². The molecule has 1 spiro atoms. The minimum absolute atomic E-state index is 0.0215. The van der Waals surface area contributed by atoms with Crippen molar-refractivity contribution in [2.24, 2.45) is 0 Å². The predicted octanol–water partition coefficient (Wildman–Crippen LogP) is 17.0. The summed E-state index contributed by atoms with van der Waals surface area (Å²) < 4.78 is 14.1. The minimum atomic E-state index is 0.0215. The number of nitrogens with zero attached hydrogens (tertiary/aromatic N) is 2. The van der Waals surface area contributed by atoms with Crippen LogP contribution in [-0.2, 0) is 5.41 Å². The number of para-hydroxylation sites is 3. The van der Waals surface area contributed by atoms with Gasteiger partial charge in [0.2, 0.25) is 0 Å². The Bertz CT molecular complexity index is 4130. The molecule has 1 saturated carbocycles. The third-order valence-electron chi connectivity index (χ3n) is 15.1. The third-order valence-corrected chi connectivity index (χ3v) is 16.2. The van der Waals surface area contributed by atoms with E-state index in [0.717, 1.165) is 27.6 Å². The van der Waals surface area contributed by atoms with E-state index < -0.39 is 0 Å². The van der Waals surface area contributed by atoms with Crippen LogP contribution in [0.5, 0.6) is 0 Å². The van der Waals surface area contributed by atoms with E-state index >= 15 is 0 Å². The summed E-state index contributed by atoms with van der Waals surface area (Å²) in [5.41, 5.74) is 17.4. The molecule has 0 N–H and O–H groups in total. The summed E-state index contributed by atoms with van der Waals surface area (Å²) in [7, 11) is 0. The number of fused-ring (bicyclic) bond motifs is 17. The maximum atomic E-state index is 6.46. The van der Waals surface area contributed by atoms with Crippen molar-refractivity contribution in [3.05, 3.63) is 193 Å². The van der Waals surface area contributed by atoms with Gasteiger partial charge >= 0.3 is 0 Å². The molecular weight excluding hydrogens is 797 g/mol. The molecule has 4 heterocycles. The van der Waals surface area contributed by atoms with Crippen molar-refractivity contribution in [3.8, 4) is 33.6 Å². The lowest BCUT2D eigenvalue weighted by atomic mass is 9.67. The molecule has 4 aromatic heterocycles. The van der Waals surface area contributed by atoms with Gasteiger partial charge in [0.1, 0.15) is 11.2 Å². The van der Waals surface area contributed by atoms with E-state index in [0.29, 0.717) is 0 Å². The fourth-order valence-corrected chi connectivity index (χ4v) is 13.4. The van der Waals surface area contributed by atoms with Gasteiger partial charge in [-0.3, -0.25) is 0 Å². The van der Waals surface area contributed by atoms with Crippen LogP contribution in [0.4, 0.5) is 0 Å². The van der Waals surface area contributed by atoms with Crippen molar-refractivity contribution in [1.29, 1.82) is 0 Å². The van der Waals surface area contributed by atoms with Crippen LogP contribution in [0.25, 0.3) is 119 Å². The van der Waals surface area contributed by atoms with Gasteiger partial charge in [0.15, 0.2) is 0 Å². The number of rotatable bonds is 3. The first kappa shape index (κ1) is 35.1. The second kappa shape index (κ2) is 12.8. The molecule has 1 fully saturated rings. The Morgan fingerprint density at radius 3 is 1.78 bits per heavy atom. The van der Waals surface area contributed by atoms with Crippen molar-refractivity contribution in [1.82, 2.24) is 9.13 Å². The third kappa shape index (κ3) is 4.70. The summed E-state index contributed by atoms with van der Waals surface area (Å²) in [6.45, 7) is 0. The van der Waals surface area contributed by atoms with Crippen LogP contribution >= 0.6 is 11.3 Å². The molecule has 302 valence electrons. The van der Waals surface area contributed by atoms with Crippen LogP contribution < -0.4 is 0 Å². The average Bonchev–Trinajstić information content (AvgIpc) is 4.14. The van der Waals surface area contributed by atoms with Gasteiger partial charge < -0.3 is 13.6 Å². The standard InChI is InChI=1S/C60H40N2OS/c1-10-28-60(29-11-1)50-27-21-36(37-20-24-42-40-12-2-6-16-52(40)62(54(42)31-37)39-23-26-46-45-15-5-9-19-58(45)64-59(46)33-39)30-47(50)48-35-55-49(34-51(48)60)41-13-3-7-17-53(41)61(55)38-22-25-44-43-14-4-8-18-56(43)63-57(44)32-38/h2-9,12-27,30-35H,1,10-11,28-29H2. The van der Waals surface area contributed by atoms with Crippen molar-refractivity contribution in [2.45, 2.75) is 37.5 Å². The van der Waals surface area contributed by atoms with Gasteiger partial charge in [-0.05, 0) is 119 Å². The molecule has 9 aromatic carbocycles. The lowest BCUT2D eigenvalue weighted by Crippen LogP contribution is -2.28. The Labute approximate surface area is 373 Å². The van der Waals surface area contributed by atoms with E-state index in [1.165, 1.54) is 135 Å². The average molecular weight is 837 g/mol. The summed E-state index contributed by atoms with van der Waals surface area (Å²) in [6, 6.07) is 68.4. The van der Waals surface area contributed by atoms with Gasteiger partial charge in [0, 0.05) is 75.3 Å². The van der Waals surface area contributed by atoms with E-state index in [4.69, 9.17) is 4.42 Å². The Hall–Kier alpha value is -7.40. The summed E-state index contributed by atoms with van der Waals surface area (Å²) in [5, 5.41) is 10.1. The molecule has 0 unspecified atom stereocenters. The first-order valence-electron chi connectivity index (χ1n) is 22.8. The van der Waals surface area contributed by atoms with E-state index in [1.54, 1.807) is 0 Å². The Balaban J connectivity index is 0.933. The largest absolute Gasteiger partial charge is 0.456 e. The van der Waals surface area contributed by atoms with Crippen molar-refractivity contribution >= 4 is 97.1 Å². The fourth-order valence-electron chi connectivity index (χ4n) is 12.3. The van der Waals surface area contributed by atoms with Crippen LogP contribution in [0.2, 0.25) is 0 Å². The van der Waals surface area contributed by atoms with Crippen molar-refractivity contribution in [3.63, 3.8) is 0 Å². The Morgan fingerprint density at radius 1 is 0.375 bits per heavy atom. The van der Waals surface area contributed by atoms with Crippen LogP contribution in [0.15, 0.2) is 186 Å². The zero-order valence-corrected chi connectivity index (χ0v) is 35.9. The Kier molecular flexibility index (Phi) is 7.04. The summed E-state index contributed by atoms with van der Waals surface area (Å²) in [4.78, 5) is 0. The molecule has 3 nitrogen and oxygen atoms in total. The number of aromatic nitrogens is 2. The van der Waals surface area contributed by atoms with Crippen molar-refractivity contribution < 1.29 is 4.42 Å². The first-order chi connectivity index (χ1) is 31.7. The van der Waals surface area contributed by atoms with Gasteiger partial charge in [-0.25, -0.2) is 0 Å². The monoisotopic (exact) mass is 836 g/mol. The van der Waals surface area contributed by atoms with E-state index in [1.807, 2.05) is 17.4 Å². The van der Waals surface area contributed by atoms with E-state index in [2.05, 4.69) is 185 Å². The number of thiophene rings is 1. The Morgan fingerprint density at radius 2 is 0.953 bits per heavy atom. The minimum Gasteiger partial charge on any atom is -0.456 e. The first-order valence-corrected chi connectivity index (χ1v) is 23.6. The van der Waals surface area contributed by atoms with Gasteiger partial charge in [-0.1, -0.05) is 122 Å². The van der Waals surface area contributed by atoms with Gasteiger partial charge in [-0.15, -0.1) is 11.3 Å². The molecule has 13 aromatic rings. The molecule has 2 aliphatic rings. The van der Waals surface area contributed by atoms with Crippen LogP contribution in [0, 0.1) is 0 Å². The molecule has 0 atom stereocenters. The smallest absolute Gasteiger partial charge is 0.137 e. The zero-order chi connectivity index (χ0) is 41.7. The van der Waals surface area contributed by atoms with E-state index in [9.17, 15) is 0 Å². The molecule has 2 aliphatic carbocycles. The fraction of sp³-hybridized carbons (Fsp3) is 0.100. The summed E-state index contributed by atoms with van der Waals surface area (Å²) in [5.74, 6) is 0. The molecule has 0 aliphatic heterocycles. The highest BCUT2D eigenvalue weighted by Crippen LogP contribution is 2.58. The number of furan rings is 1. The van der Waals surface area contributed by atoms with E-state index in [-0.39, 0.29) is 5.41 Å². The highest BCUT2D eigenvalue weighted by Gasteiger charge is 2.44. The summed E-state index contributed by atoms with van der Waals surface area (Å²) in [6.07, 6.45) is 6.20. The normalized spacial score (nSPS) is 14.7. The quantitative estimate of drug-likeness (QED) is 0.174. The lowest BCUT2D eigenvalue weighted by Gasteiger charge is -2.36. The van der Waals surface area contributed by atoms with Gasteiger partial charge in [0.25, 0.3) is 0 Å².